The molecule has 4 rings (SSSR count). The Labute approximate surface area is 160 Å². The van der Waals surface area contributed by atoms with E-state index in [0.717, 1.165) is 12.8 Å². The Morgan fingerprint density at radius 1 is 1.36 bits per heavy atom. The molecule has 0 spiro atoms. The zero-order valence-corrected chi connectivity index (χ0v) is 15.6. The molecule has 1 saturated carbocycles. The number of ether oxygens (including phenoxy) is 1. The minimum absolute atomic E-state index is 0.0687. The predicted molar refractivity (Wildman–Crippen MR) is 101 cm³/mol. The lowest BCUT2D eigenvalue weighted by atomic mass is 10.1. The molecule has 1 fully saturated rings. The lowest BCUT2D eigenvalue weighted by molar-refractivity contribution is -0.116. The Morgan fingerprint density at radius 3 is 2.79 bits per heavy atom. The zero-order valence-electron chi connectivity index (χ0n) is 15.6. The van der Waals surface area contributed by atoms with Gasteiger partial charge in [-0.05, 0) is 38.0 Å². The third-order valence-electron chi connectivity index (χ3n) is 4.83. The van der Waals surface area contributed by atoms with Crippen molar-refractivity contribution < 1.29 is 18.3 Å². The summed E-state index contributed by atoms with van der Waals surface area (Å²) in [6.45, 7) is 1.52. The van der Waals surface area contributed by atoms with Gasteiger partial charge in [0.1, 0.15) is 12.3 Å². The van der Waals surface area contributed by atoms with Crippen LogP contribution in [0.25, 0.3) is 11.0 Å². The molecule has 0 unspecified atom stereocenters. The van der Waals surface area contributed by atoms with Gasteiger partial charge < -0.3 is 10.1 Å². The number of carbonyl (C=O) groups is 1. The fraction of sp³-hybridized carbons (Fsp3) is 0.350. The number of hydrogen-bond donors (Lipinski definition) is 1. The maximum Gasteiger partial charge on any atom is 0.264 e. The summed E-state index contributed by atoms with van der Waals surface area (Å²) in [7, 11) is 1.52. The number of nitrogens with zero attached hydrogens (tertiary/aromatic N) is 3. The standard InChI is InChI=1S/C20H20F2N4O2/c1-11-18-13(19(21)22)9-15(12-7-8-12)24-20(18)26(25-11)10-17(27)23-14-5-3-4-6-16(14)28-2/h3-6,9,12,19H,7-8,10H2,1-2H3,(H,23,27). The van der Waals surface area contributed by atoms with Crippen molar-refractivity contribution in [2.45, 2.75) is 38.7 Å². The first kappa shape index (κ1) is 18.3. The second-order valence-electron chi connectivity index (χ2n) is 6.90. The summed E-state index contributed by atoms with van der Waals surface area (Å²) in [4.78, 5) is 17.1. The maximum absolute atomic E-state index is 13.6. The number of methoxy groups -OCH3 is 1. The SMILES string of the molecule is COc1ccccc1NC(=O)Cn1nc(C)c2c(C(F)F)cc(C3CC3)nc21. The lowest BCUT2D eigenvalue weighted by Crippen LogP contribution is -2.20. The number of nitrogens with one attached hydrogen (secondary N) is 1. The summed E-state index contributed by atoms with van der Waals surface area (Å²) >= 11 is 0. The first-order chi connectivity index (χ1) is 13.5. The van der Waals surface area contributed by atoms with Crippen LogP contribution in [-0.4, -0.2) is 27.8 Å². The fourth-order valence-electron chi connectivity index (χ4n) is 3.35. The smallest absolute Gasteiger partial charge is 0.264 e. The number of halogens is 2. The van der Waals surface area contributed by atoms with E-state index in [-0.39, 0.29) is 23.9 Å². The summed E-state index contributed by atoms with van der Waals surface area (Å²) in [6, 6.07) is 8.53. The molecule has 1 aliphatic carbocycles. The molecule has 0 saturated heterocycles. The molecule has 0 atom stereocenters. The first-order valence-corrected chi connectivity index (χ1v) is 9.07. The number of benzene rings is 1. The quantitative estimate of drug-likeness (QED) is 0.689. The van der Waals surface area contributed by atoms with Crippen molar-refractivity contribution in [2.75, 3.05) is 12.4 Å². The number of para-hydroxylation sites is 2. The van der Waals surface area contributed by atoms with E-state index in [1.165, 1.54) is 17.9 Å². The van der Waals surface area contributed by atoms with Gasteiger partial charge in [0.2, 0.25) is 5.91 Å². The topological polar surface area (TPSA) is 69.0 Å². The number of fused-ring (bicyclic) bond motifs is 1. The number of amides is 1. The number of aromatic nitrogens is 3. The van der Waals surface area contributed by atoms with E-state index in [1.54, 1.807) is 31.2 Å². The molecule has 28 heavy (non-hydrogen) atoms. The van der Waals surface area contributed by atoms with Crippen LogP contribution in [0.1, 0.15) is 42.1 Å². The second kappa shape index (κ2) is 7.18. The van der Waals surface area contributed by atoms with Gasteiger partial charge in [-0.25, -0.2) is 18.4 Å². The number of hydrogen-bond acceptors (Lipinski definition) is 4. The molecular weight excluding hydrogens is 366 g/mol. The van der Waals surface area contributed by atoms with E-state index in [9.17, 15) is 13.6 Å². The van der Waals surface area contributed by atoms with E-state index in [4.69, 9.17) is 4.74 Å². The average Bonchev–Trinajstić information content (AvgIpc) is 3.47. The molecule has 1 amide bonds. The van der Waals surface area contributed by atoms with Crippen LogP contribution in [0.15, 0.2) is 30.3 Å². The van der Waals surface area contributed by atoms with Crippen LogP contribution in [-0.2, 0) is 11.3 Å². The van der Waals surface area contributed by atoms with E-state index in [1.807, 2.05) is 0 Å². The average molecular weight is 386 g/mol. The van der Waals surface area contributed by atoms with Crippen molar-refractivity contribution in [2.24, 2.45) is 0 Å². The van der Waals surface area contributed by atoms with Crippen molar-refractivity contribution >= 4 is 22.6 Å². The van der Waals surface area contributed by atoms with Gasteiger partial charge in [0.25, 0.3) is 6.43 Å². The molecule has 3 aromatic rings. The second-order valence-corrected chi connectivity index (χ2v) is 6.90. The van der Waals surface area contributed by atoms with Crippen molar-refractivity contribution in [3.05, 3.63) is 47.3 Å². The molecule has 0 radical (unpaired) electrons. The molecule has 2 aromatic heterocycles. The Balaban J connectivity index is 1.68. The number of alkyl halides is 2. The molecule has 8 heteroatoms. The van der Waals surface area contributed by atoms with E-state index >= 15 is 0 Å². The third-order valence-corrected chi connectivity index (χ3v) is 4.83. The highest BCUT2D eigenvalue weighted by Crippen LogP contribution is 2.41. The number of carbonyl (C=O) groups excluding carboxylic acids is 1. The Bertz CT molecular complexity index is 1040. The Morgan fingerprint density at radius 2 is 2.11 bits per heavy atom. The molecular formula is C20H20F2N4O2. The highest BCUT2D eigenvalue weighted by molar-refractivity contribution is 5.93. The molecule has 1 aliphatic rings. The van der Waals surface area contributed by atoms with Crippen molar-refractivity contribution in [1.29, 1.82) is 0 Å². The molecule has 0 aliphatic heterocycles. The van der Waals surface area contributed by atoms with Gasteiger partial charge in [0.05, 0.1) is 23.9 Å². The van der Waals surface area contributed by atoms with Crippen LogP contribution in [0, 0.1) is 6.92 Å². The maximum atomic E-state index is 13.6. The van der Waals surface area contributed by atoms with Crippen molar-refractivity contribution in [3.63, 3.8) is 0 Å². The van der Waals surface area contributed by atoms with Gasteiger partial charge in [-0.15, -0.1) is 0 Å². The third kappa shape index (κ3) is 3.42. The fourth-order valence-corrected chi connectivity index (χ4v) is 3.35. The van der Waals surface area contributed by atoms with Crippen LogP contribution in [0.5, 0.6) is 5.75 Å². The number of rotatable bonds is 6. The molecule has 1 N–H and O–H groups in total. The Hall–Kier alpha value is -3.03. The van der Waals surface area contributed by atoms with Crippen LogP contribution >= 0.6 is 0 Å². The van der Waals surface area contributed by atoms with E-state index < -0.39 is 6.43 Å². The van der Waals surface area contributed by atoms with Gasteiger partial charge in [0.15, 0.2) is 5.65 Å². The largest absolute Gasteiger partial charge is 0.495 e. The minimum atomic E-state index is -2.62. The summed E-state index contributed by atoms with van der Waals surface area (Å²) in [6.07, 6.45) is -0.729. The zero-order chi connectivity index (χ0) is 19.8. The highest BCUT2D eigenvalue weighted by Gasteiger charge is 2.29. The number of aryl methyl sites for hydroxylation is 1. The summed E-state index contributed by atoms with van der Waals surface area (Å²) < 4.78 is 33.9. The lowest BCUT2D eigenvalue weighted by Gasteiger charge is -2.10. The monoisotopic (exact) mass is 386 g/mol. The highest BCUT2D eigenvalue weighted by atomic mass is 19.3. The molecule has 2 heterocycles. The number of pyridine rings is 1. The van der Waals surface area contributed by atoms with E-state index in [0.29, 0.717) is 33.9 Å². The molecule has 0 bridgehead atoms. The normalized spacial score (nSPS) is 13.9. The van der Waals surface area contributed by atoms with Gasteiger partial charge in [-0.3, -0.25) is 4.79 Å². The van der Waals surface area contributed by atoms with E-state index in [2.05, 4.69) is 15.4 Å². The van der Waals surface area contributed by atoms with Crippen molar-refractivity contribution in [3.8, 4) is 5.75 Å². The molecule has 1 aromatic carbocycles. The van der Waals surface area contributed by atoms with Crippen LogP contribution in [0.3, 0.4) is 0 Å². The van der Waals surface area contributed by atoms with Crippen LogP contribution < -0.4 is 10.1 Å². The first-order valence-electron chi connectivity index (χ1n) is 9.07. The minimum Gasteiger partial charge on any atom is -0.495 e. The van der Waals surface area contributed by atoms with Gasteiger partial charge in [-0.1, -0.05) is 12.1 Å². The van der Waals surface area contributed by atoms with Gasteiger partial charge in [-0.2, -0.15) is 5.10 Å². The predicted octanol–water partition coefficient (Wildman–Crippen LogP) is 4.20. The summed E-state index contributed by atoms with van der Waals surface area (Å²) in [5.74, 6) is 0.408. The summed E-state index contributed by atoms with van der Waals surface area (Å²) in [5.41, 5.74) is 1.87. The van der Waals surface area contributed by atoms with Gasteiger partial charge >= 0.3 is 0 Å². The van der Waals surface area contributed by atoms with Crippen LogP contribution in [0.4, 0.5) is 14.5 Å². The Kier molecular flexibility index (Phi) is 4.70. The van der Waals surface area contributed by atoms with Crippen LogP contribution in [0.2, 0.25) is 0 Å². The van der Waals surface area contributed by atoms with Crippen molar-refractivity contribution in [1.82, 2.24) is 14.8 Å². The number of anilines is 1. The summed E-state index contributed by atoms with van der Waals surface area (Å²) in [5, 5.41) is 7.40. The van der Waals surface area contributed by atoms with Gasteiger partial charge in [0, 0.05) is 17.2 Å². The molecule has 146 valence electrons. The molecule has 6 nitrogen and oxygen atoms in total.